The van der Waals surface area contributed by atoms with E-state index < -0.39 is 23.1 Å². The quantitative estimate of drug-likeness (QED) is 0.419. The van der Waals surface area contributed by atoms with Gasteiger partial charge in [0, 0.05) is 6.07 Å². The highest BCUT2D eigenvalue weighted by molar-refractivity contribution is 6.74. The zero-order valence-corrected chi connectivity index (χ0v) is 7.21. The van der Waals surface area contributed by atoms with E-state index >= 15 is 0 Å². The summed E-state index contributed by atoms with van der Waals surface area (Å²) in [5, 5.41) is 10.2. The summed E-state index contributed by atoms with van der Waals surface area (Å²) in [5.74, 6) is 0. The Labute approximate surface area is 77.8 Å². The van der Waals surface area contributed by atoms with Crippen LogP contribution in [0.2, 0.25) is 0 Å². The maximum atomic E-state index is 12.3. The zero-order valence-electron chi connectivity index (χ0n) is 7.21. The highest BCUT2D eigenvalue weighted by Gasteiger charge is 2.28. The number of rotatable bonds is 2. The van der Waals surface area contributed by atoms with E-state index in [0.717, 1.165) is 12.1 Å². The summed E-state index contributed by atoms with van der Waals surface area (Å²) in [6.07, 6.45) is 0. The van der Waals surface area contributed by atoms with E-state index in [1.165, 1.54) is 6.92 Å². The molecule has 0 atom stereocenters. The van der Waals surface area contributed by atoms with Crippen molar-refractivity contribution in [1.29, 1.82) is 0 Å². The van der Waals surface area contributed by atoms with E-state index in [1.807, 2.05) is 0 Å². The molecule has 7 heteroatoms. The van der Waals surface area contributed by atoms with Gasteiger partial charge in [-0.1, -0.05) is 17.1 Å². The van der Waals surface area contributed by atoms with E-state index in [9.17, 15) is 23.1 Å². The molecular formula is C7H6BF3NO2-. The van der Waals surface area contributed by atoms with Crippen LogP contribution in [0.15, 0.2) is 18.2 Å². The molecule has 0 amide bonds. The summed E-state index contributed by atoms with van der Waals surface area (Å²) in [6.45, 7) is -3.91. The molecule has 0 saturated heterocycles. The normalized spacial score (nSPS) is 11.4. The van der Waals surface area contributed by atoms with Crippen LogP contribution < -0.4 is 5.46 Å². The molecule has 3 nitrogen and oxygen atoms in total. The lowest BCUT2D eigenvalue weighted by Crippen LogP contribution is -2.36. The summed E-state index contributed by atoms with van der Waals surface area (Å²) >= 11 is 0. The molecule has 0 fully saturated rings. The first-order valence-corrected chi connectivity index (χ1v) is 3.77. The fourth-order valence-corrected chi connectivity index (χ4v) is 1.09. The largest absolute Gasteiger partial charge is 0.510 e. The fourth-order valence-electron chi connectivity index (χ4n) is 1.09. The van der Waals surface area contributed by atoms with E-state index in [2.05, 4.69) is 0 Å². The minimum absolute atomic E-state index is 0.00287. The van der Waals surface area contributed by atoms with Gasteiger partial charge in [0.2, 0.25) is 0 Å². The number of hydrogen-bond acceptors (Lipinski definition) is 2. The molecule has 76 valence electrons. The van der Waals surface area contributed by atoms with Crippen molar-refractivity contribution >= 4 is 18.1 Å². The van der Waals surface area contributed by atoms with Crippen molar-refractivity contribution in [3.8, 4) is 0 Å². The molecule has 0 N–H and O–H groups in total. The van der Waals surface area contributed by atoms with Gasteiger partial charge in [-0.05, 0) is 13.0 Å². The van der Waals surface area contributed by atoms with Crippen LogP contribution in [-0.4, -0.2) is 11.9 Å². The van der Waals surface area contributed by atoms with Gasteiger partial charge >= 0.3 is 6.98 Å². The van der Waals surface area contributed by atoms with Crippen LogP contribution in [0, 0.1) is 17.0 Å². The van der Waals surface area contributed by atoms with E-state index in [4.69, 9.17) is 0 Å². The Morgan fingerprint density at radius 1 is 1.36 bits per heavy atom. The van der Waals surface area contributed by atoms with Gasteiger partial charge < -0.3 is 12.9 Å². The number of benzene rings is 1. The van der Waals surface area contributed by atoms with E-state index in [1.54, 1.807) is 0 Å². The predicted molar refractivity (Wildman–Crippen MR) is 46.5 cm³/mol. The summed E-state index contributed by atoms with van der Waals surface area (Å²) in [4.78, 5) is 9.39. The summed E-state index contributed by atoms with van der Waals surface area (Å²) in [5.41, 5.74) is -1.44. The van der Waals surface area contributed by atoms with Gasteiger partial charge in [0.25, 0.3) is 5.69 Å². The van der Waals surface area contributed by atoms with Crippen molar-refractivity contribution in [2.75, 3.05) is 0 Å². The molecule has 0 saturated carbocycles. The molecule has 1 rings (SSSR count). The first-order chi connectivity index (χ1) is 6.32. The minimum atomic E-state index is -5.18. The standard InChI is InChI=1S/C7H6BF3NO2/c1-5-2-3-6(12(13)14)4-7(5)8(9,10)11/h2-4H,1H3/q-1. The molecule has 0 heterocycles. The highest BCUT2D eigenvalue weighted by atomic mass is 19.4. The van der Waals surface area contributed by atoms with Crippen molar-refractivity contribution in [3.05, 3.63) is 33.9 Å². The molecule has 1 aromatic carbocycles. The molecule has 0 spiro atoms. The summed E-state index contributed by atoms with van der Waals surface area (Å²) in [6, 6.07) is 2.72. The zero-order chi connectivity index (χ0) is 10.9. The third-order valence-corrected chi connectivity index (χ3v) is 1.83. The molecule has 0 radical (unpaired) electrons. The lowest BCUT2D eigenvalue weighted by Gasteiger charge is -2.16. The van der Waals surface area contributed by atoms with Crippen LogP contribution >= 0.6 is 0 Å². The number of aryl methyl sites for hydroxylation is 1. The Morgan fingerprint density at radius 2 is 1.93 bits per heavy atom. The maximum absolute atomic E-state index is 12.3. The second kappa shape index (κ2) is 3.32. The van der Waals surface area contributed by atoms with Gasteiger partial charge in [-0.3, -0.25) is 10.1 Å². The molecule has 0 bridgehead atoms. The van der Waals surface area contributed by atoms with E-state index in [-0.39, 0.29) is 5.56 Å². The van der Waals surface area contributed by atoms with Gasteiger partial charge in [-0.2, -0.15) is 0 Å². The number of nitrogens with zero attached hydrogens (tertiary/aromatic N) is 1. The topological polar surface area (TPSA) is 43.1 Å². The molecule has 14 heavy (non-hydrogen) atoms. The average Bonchev–Trinajstić information content (AvgIpc) is 2.02. The first-order valence-electron chi connectivity index (χ1n) is 3.77. The fraction of sp³-hybridized carbons (Fsp3) is 0.143. The lowest BCUT2D eigenvalue weighted by molar-refractivity contribution is -0.384. The summed E-state index contributed by atoms with van der Waals surface area (Å²) < 4.78 is 37.0. The predicted octanol–water partition coefficient (Wildman–Crippen LogP) is 1.96. The van der Waals surface area contributed by atoms with Gasteiger partial charge in [-0.25, -0.2) is 0 Å². The SMILES string of the molecule is Cc1ccc([N+](=O)[O-])cc1[B-](F)(F)F. The molecule has 0 aliphatic carbocycles. The second-order valence-corrected chi connectivity index (χ2v) is 2.87. The number of nitro groups is 1. The average molecular weight is 204 g/mol. The molecule has 0 aromatic heterocycles. The van der Waals surface area contributed by atoms with Crippen molar-refractivity contribution in [2.45, 2.75) is 6.92 Å². The number of halogens is 3. The van der Waals surface area contributed by atoms with Crippen LogP contribution in [0.3, 0.4) is 0 Å². The Hall–Kier alpha value is -1.53. The molecule has 1 aromatic rings. The third-order valence-electron chi connectivity index (χ3n) is 1.83. The van der Waals surface area contributed by atoms with Crippen molar-refractivity contribution < 1.29 is 17.9 Å². The molecule has 0 unspecified atom stereocenters. The minimum Gasteiger partial charge on any atom is -0.445 e. The van der Waals surface area contributed by atoms with E-state index in [0.29, 0.717) is 6.07 Å². The van der Waals surface area contributed by atoms with Crippen molar-refractivity contribution in [2.24, 2.45) is 0 Å². The number of hydrogen-bond donors (Lipinski definition) is 0. The smallest absolute Gasteiger partial charge is 0.445 e. The van der Waals surface area contributed by atoms with Crippen LogP contribution in [0.5, 0.6) is 0 Å². The van der Waals surface area contributed by atoms with Gasteiger partial charge in [-0.15, -0.1) is 0 Å². The Balaban J connectivity index is 3.29. The summed E-state index contributed by atoms with van der Waals surface area (Å²) in [7, 11) is 0. The first kappa shape index (κ1) is 10.6. The monoisotopic (exact) mass is 204 g/mol. The third kappa shape index (κ3) is 2.04. The van der Waals surface area contributed by atoms with Gasteiger partial charge in [0.05, 0.1) is 4.92 Å². The van der Waals surface area contributed by atoms with Crippen LogP contribution in [0.25, 0.3) is 0 Å². The van der Waals surface area contributed by atoms with Crippen LogP contribution in [-0.2, 0) is 0 Å². The van der Waals surface area contributed by atoms with Crippen molar-refractivity contribution in [3.63, 3.8) is 0 Å². The van der Waals surface area contributed by atoms with Crippen LogP contribution in [0.1, 0.15) is 5.56 Å². The Bertz CT molecular complexity index is 378. The second-order valence-electron chi connectivity index (χ2n) is 2.87. The Morgan fingerprint density at radius 3 is 2.36 bits per heavy atom. The van der Waals surface area contributed by atoms with Gasteiger partial charge in [0.1, 0.15) is 0 Å². The van der Waals surface area contributed by atoms with Gasteiger partial charge in [0.15, 0.2) is 0 Å². The number of nitro benzene ring substituents is 1. The maximum Gasteiger partial charge on any atom is 0.510 e. The lowest BCUT2D eigenvalue weighted by atomic mass is 9.77. The molecular weight excluding hydrogens is 198 g/mol. The molecule has 0 aliphatic heterocycles. The van der Waals surface area contributed by atoms with Crippen molar-refractivity contribution in [1.82, 2.24) is 0 Å². The highest BCUT2D eigenvalue weighted by Crippen LogP contribution is 2.16. The molecule has 0 aliphatic rings. The number of non-ortho nitro benzene ring substituents is 1. The van der Waals surface area contributed by atoms with Crippen LogP contribution in [0.4, 0.5) is 18.6 Å². The Kier molecular flexibility index (Phi) is 2.50.